The summed E-state index contributed by atoms with van der Waals surface area (Å²) in [5.74, 6) is -1.08. The third-order valence-corrected chi connectivity index (χ3v) is 9.01. The lowest BCUT2D eigenvalue weighted by Gasteiger charge is -2.34. The zero-order valence-corrected chi connectivity index (χ0v) is 26.3. The summed E-state index contributed by atoms with van der Waals surface area (Å²) < 4.78 is 69.8. The first kappa shape index (κ1) is 34.2. The maximum Gasteiger partial charge on any atom is 0.416 e. The molecule has 0 radical (unpaired) electrons. The summed E-state index contributed by atoms with van der Waals surface area (Å²) in [6.45, 7) is 3.31. The molecule has 4 rings (SSSR count). The number of hydrogen-bond acceptors (Lipinski definition) is 4. The molecule has 0 fully saturated rings. The Morgan fingerprint density at radius 3 is 1.91 bits per heavy atom. The highest BCUT2D eigenvalue weighted by atomic mass is 32.2. The van der Waals surface area contributed by atoms with E-state index in [1.54, 1.807) is 36.4 Å². The monoisotopic (exact) mass is 651 g/mol. The van der Waals surface area contributed by atoms with Crippen LogP contribution in [0.2, 0.25) is 0 Å². The number of sulfonamides is 1. The van der Waals surface area contributed by atoms with Gasteiger partial charge in [-0.15, -0.1) is 0 Å². The van der Waals surface area contributed by atoms with Crippen LogP contribution in [0.1, 0.15) is 30.5 Å². The van der Waals surface area contributed by atoms with Gasteiger partial charge in [-0.25, -0.2) is 8.42 Å². The summed E-state index contributed by atoms with van der Waals surface area (Å²) in [6.07, 6.45) is -4.63. The highest BCUT2D eigenvalue weighted by molar-refractivity contribution is 7.92. The SMILES string of the molecule is CC(C)CNC(=O)C(Cc1ccccc1)N(Cc1ccccc1)C(=O)CN(c1cccc(C(F)(F)F)c1)S(=O)(=O)c1ccccc1. The van der Waals surface area contributed by atoms with Gasteiger partial charge < -0.3 is 10.2 Å². The predicted molar refractivity (Wildman–Crippen MR) is 171 cm³/mol. The van der Waals surface area contributed by atoms with Gasteiger partial charge in [-0.3, -0.25) is 13.9 Å². The molecule has 2 amide bonds. The van der Waals surface area contributed by atoms with Gasteiger partial charge in [0.2, 0.25) is 11.8 Å². The van der Waals surface area contributed by atoms with Gasteiger partial charge in [-0.2, -0.15) is 13.2 Å². The summed E-state index contributed by atoms with van der Waals surface area (Å²) in [6, 6.07) is 27.9. The summed E-state index contributed by atoms with van der Waals surface area (Å²) >= 11 is 0. The van der Waals surface area contributed by atoms with Crippen LogP contribution in [0, 0.1) is 5.92 Å². The molecule has 46 heavy (non-hydrogen) atoms. The lowest BCUT2D eigenvalue weighted by Crippen LogP contribution is -2.53. The summed E-state index contributed by atoms with van der Waals surface area (Å²) in [5, 5.41) is 2.90. The Morgan fingerprint density at radius 1 is 0.783 bits per heavy atom. The molecule has 0 bridgehead atoms. The van der Waals surface area contributed by atoms with Crippen molar-refractivity contribution in [2.24, 2.45) is 5.92 Å². The van der Waals surface area contributed by atoms with E-state index < -0.39 is 46.2 Å². The minimum absolute atomic E-state index is 0.0475. The second-order valence-electron chi connectivity index (χ2n) is 11.2. The van der Waals surface area contributed by atoms with Gasteiger partial charge in [-0.05, 0) is 47.4 Å². The molecule has 0 aromatic heterocycles. The predicted octanol–water partition coefficient (Wildman–Crippen LogP) is 6.31. The Bertz CT molecular complexity index is 1700. The Labute approximate surface area is 267 Å². The number of benzene rings is 4. The van der Waals surface area contributed by atoms with Crippen molar-refractivity contribution in [2.75, 3.05) is 17.4 Å². The standard InChI is InChI=1S/C35H36F3N3O4S/c1-26(2)23-39-34(43)32(21-27-13-6-3-7-14-27)40(24-28-15-8-4-9-16-28)33(42)25-41(46(44,45)31-19-10-5-11-20-31)30-18-12-17-29(22-30)35(36,37)38/h3-20,22,26,32H,21,23-25H2,1-2H3,(H,39,43). The van der Waals surface area contributed by atoms with Crippen LogP contribution >= 0.6 is 0 Å². The van der Waals surface area contributed by atoms with Crippen LogP contribution in [-0.2, 0) is 38.8 Å². The van der Waals surface area contributed by atoms with Crippen molar-refractivity contribution in [1.82, 2.24) is 10.2 Å². The van der Waals surface area contributed by atoms with Gasteiger partial charge in [0.15, 0.2) is 0 Å². The number of carbonyl (C=O) groups is 2. The highest BCUT2D eigenvalue weighted by Crippen LogP contribution is 2.33. The summed E-state index contributed by atoms with van der Waals surface area (Å²) in [7, 11) is -4.53. The average Bonchev–Trinajstić information content (AvgIpc) is 3.05. The van der Waals surface area contributed by atoms with Crippen molar-refractivity contribution in [3.8, 4) is 0 Å². The molecule has 0 heterocycles. The molecule has 0 spiro atoms. The number of anilines is 1. The number of nitrogens with zero attached hydrogens (tertiary/aromatic N) is 2. The minimum atomic E-state index is -4.75. The lowest BCUT2D eigenvalue weighted by atomic mass is 10.0. The third-order valence-electron chi connectivity index (χ3n) is 7.22. The quantitative estimate of drug-likeness (QED) is 0.184. The Balaban J connectivity index is 1.82. The maximum atomic E-state index is 14.4. The average molecular weight is 652 g/mol. The minimum Gasteiger partial charge on any atom is -0.354 e. The van der Waals surface area contributed by atoms with E-state index in [1.807, 2.05) is 44.2 Å². The molecule has 4 aromatic carbocycles. The number of alkyl halides is 3. The number of halogens is 3. The summed E-state index contributed by atoms with van der Waals surface area (Å²) in [4.78, 5) is 29.2. The lowest BCUT2D eigenvalue weighted by molar-refractivity contribution is -0.140. The molecule has 1 atom stereocenters. The van der Waals surface area contributed by atoms with Crippen molar-refractivity contribution in [3.05, 3.63) is 132 Å². The molecular weight excluding hydrogens is 615 g/mol. The number of amides is 2. The van der Waals surface area contributed by atoms with Crippen molar-refractivity contribution < 1.29 is 31.2 Å². The zero-order valence-electron chi connectivity index (χ0n) is 25.5. The largest absolute Gasteiger partial charge is 0.416 e. The Hall–Kier alpha value is -4.64. The molecule has 0 aliphatic carbocycles. The topological polar surface area (TPSA) is 86.8 Å². The smallest absolute Gasteiger partial charge is 0.354 e. The van der Waals surface area contributed by atoms with Crippen molar-refractivity contribution in [1.29, 1.82) is 0 Å². The highest BCUT2D eigenvalue weighted by Gasteiger charge is 2.36. The molecule has 1 N–H and O–H groups in total. The fraction of sp³-hybridized carbons (Fsp3) is 0.257. The van der Waals surface area contributed by atoms with Gasteiger partial charge in [-0.1, -0.05) is 98.8 Å². The molecule has 0 aliphatic heterocycles. The second kappa shape index (κ2) is 15.1. The molecule has 4 aromatic rings. The van der Waals surface area contributed by atoms with Crippen LogP contribution in [0.5, 0.6) is 0 Å². The van der Waals surface area contributed by atoms with E-state index in [2.05, 4.69) is 5.32 Å². The number of carbonyl (C=O) groups excluding carboxylic acids is 2. The van der Waals surface area contributed by atoms with Gasteiger partial charge in [0.1, 0.15) is 12.6 Å². The van der Waals surface area contributed by atoms with E-state index in [0.717, 1.165) is 17.7 Å². The molecule has 0 saturated heterocycles. The molecule has 0 saturated carbocycles. The van der Waals surface area contributed by atoms with E-state index in [9.17, 15) is 31.2 Å². The Kier molecular flexibility index (Phi) is 11.2. The first-order valence-electron chi connectivity index (χ1n) is 14.8. The van der Waals surface area contributed by atoms with Crippen LogP contribution in [0.25, 0.3) is 0 Å². The first-order chi connectivity index (χ1) is 21.9. The van der Waals surface area contributed by atoms with Crippen LogP contribution in [0.4, 0.5) is 18.9 Å². The van der Waals surface area contributed by atoms with Crippen LogP contribution in [0.3, 0.4) is 0 Å². The van der Waals surface area contributed by atoms with E-state index in [1.165, 1.54) is 35.2 Å². The number of hydrogen-bond donors (Lipinski definition) is 1. The molecule has 7 nitrogen and oxygen atoms in total. The van der Waals surface area contributed by atoms with Crippen molar-refractivity contribution in [3.63, 3.8) is 0 Å². The van der Waals surface area contributed by atoms with Crippen LogP contribution in [-0.4, -0.2) is 44.3 Å². The van der Waals surface area contributed by atoms with E-state index >= 15 is 0 Å². The molecule has 242 valence electrons. The maximum absolute atomic E-state index is 14.4. The second-order valence-corrected chi connectivity index (χ2v) is 13.1. The van der Waals surface area contributed by atoms with Gasteiger partial charge >= 0.3 is 6.18 Å². The number of rotatable bonds is 13. The first-order valence-corrected chi connectivity index (χ1v) is 16.2. The fourth-order valence-electron chi connectivity index (χ4n) is 4.84. The Morgan fingerprint density at radius 2 is 1.35 bits per heavy atom. The molecule has 0 aliphatic rings. The van der Waals surface area contributed by atoms with E-state index in [4.69, 9.17) is 0 Å². The van der Waals surface area contributed by atoms with E-state index in [-0.39, 0.29) is 29.5 Å². The van der Waals surface area contributed by atoms with Crippen molar-refractivity contribution in [2.45, 2.75) is 43.9 Å². The molecular formula is C35H36F3N3O4S. The van der Waals surface area contributed by atoms with E-state index in [0.29, 0.717) is 22.5 Å². The van der Waals surface area contributed by atoms with Gasteiger partial charge in [0.25, 0.3) is 10.0 Å². The normalized spacial score (nSPS) is 12.4. The van der Waals surface area contributed by atoms with Crippen LogP contribution < -0.4 is 9.62 Å². The van der Waals surface area contributed by atoms with Gasteiger partial charge in [0.05, 0.1) is 16.1 Å². The zero-order chi connectivity index (χ0) is 33.3. The molecule has 11 heteroatoms. The summed E-state index contributed by atoms with van der Waals surface area (Å²) in [5.41, 5.74) is 0.0456. The van der Waals surface area contributed by atoms with Crippen molar-refractivity contribution >= 4 is 27.5 Å². The molecule has 1 unspecified atom stereocenters. The third kappa shape index (κ3) is 8.97. The van der Waals surface area contributed by atoms with Gasteiger partial charge in [0, 0.05) is 19.5 Å². The fourth-order valence-corrected chi connectivity index (χ4v) is 6.27. The van der Waals surface area contributed by atoms with Crippen LogP contribution in [0.15, 0.2) is 120 Å². The number of nitrogens with one attached hydrogen (secondary N) is 1.